The molecule has 0 bridgehead atoms. The van der Waals surface area contributed by atoms with Crippen LogP contribution in [0.1, 0.15) is 24.4 Å². The highest BCUT2D eigenvalue weighted by Gasteiger charge is 2.31. The number of urea groups is 1. The second-order valence-corrected chi connectivity index (χ2v) is 7.92. The summed E-state index contributed by atoms with van der Waals surface area (Å²) in [6.07, 6.45) is 1.76. The smallest absolute Gasteiger partial charge is 0.318 e. The van der Waals surface area contributed by atoms with Gasteiger partial charge in [0.25, 0.3) is 0 Å². The van der Waals surface area contributed by atoms with Crippen molar-refractivity contribution in [3.63, 3.8) is 0 Å². The fourth-order valence-corrected chi connectivity index (χ4v) is 4.18. The summed E-state index contributed by atoms with van der Waals surface area (Å²) in [5.41, 5.74) is 1.94. The number of nitrogens with one attached hydrogen (secondary N) is 1. The van der Waals surface area contributed by atoms with Gasteiger partial charge in [0.2, 0.25) is 0 Å². The van der Waals surface area contributed by atoms with E-state index >= 15 is 0 Å². The minimum absolute atomic E-state index is 0.0860. The Hall–Kier alpha value is -2.31. The summed E-state index contributed by atoms with van der Waals surface area (Å²) in [5, 5.41) is 3.84. The van der Waals surface area contributed by atoms with Gasteiger partial charge in [-0.25, -0.2) is 9.18 Å². The number of hydrogen-bond acceptors (Lipinski definition) is 3. The average Bonchev–Trinajstić information content (AvgIpc) is 3.27. The molecule has 0 saturated carbocycles. The van der Waals surface area contributed by atoms with Crippen LogP contribution in [-0.4, -0.2) is 49.8 Å². The number of piperazine rings is 1. The molecule has 1 N–H and O–H groups in total. The van der Waals surface area contributed by atoms with E-state index in [1.165, 1.54) is 12.1 Å². The summed E-state index contributed by atoms with van der Waals surface area (Å²) < 4.78 is 19.2. The largest absolute Gasteiger partial charge is 0.376 e. The van der Waals surface area contributed by atoms with Gasteiger partial charge in [0, 0.05) is 43.5 Å². The first-order valence-electron chi connectivity index (χ1n) is 10.0. The molecule has 0 aliphatic carbocycles. The molecule has 154 valence electrons. The first-order chi connectivity index (χ1) is 14.1. The van der Waals surface area contributed by atoms with E-state index in [-0.39, 0.29) is 24.0 Å². The van der Waals surface area contributed by atoms with Crippen LogP contribution < -0.4 is 10.2 Å². The normalized spacial score (nSPS) is 20.6. The molecule has 2 aromatic carbocycles. The molecule has 2 atom stereocenters. The van der Waals surface area contributed by atoms with Gasteiger partial charge in [-0.2, -0.15) is 0 Å². The molecule has 0 unspecified atom stereocenters. The van der Waals surface area contributed by atoms with Gasteiger partial charge in [-0.1, -0.05) is 29.8 Å². The van der Waals surface area contributed by atoms with Gasteiger partial charge >= 0.3 is 6.03 Å². The fraction of sp³-hybridized carbons (Fsp3) is 0.409. The van der Waals surface area contributed by atoms with E-state index in [0.717, 1.165) is 37.2 Å². The van der Waals surface area contributed by atoms with Crippen molar-refractivity contribution >= 4 is 23.3 Å². The maximum absolute atomic E-state index is 13.3. The quantitative estimate of drug-likeness (QED) is 0.809. The molecule has 0 aromatic heterocycles. The highest BCUT2D eigenvalue weighted by molar-refractivity contribution is 6.30. The summed E-state index contributed by atoms with van der Waals surface area (Å²) >= 11 is 6.09. The molecule has 7 heteroatoms. The van der Waals surface area contributed by atoms with Gasteiger partial charge in [-0.3, -0.25) is 0 Å². The van der Waals surface area contributed by atoms with Crippen LogP contribution in [0, 0.1) is 5.82 Å². The summed E-state index contributed by atoms with van der Waals surface area (Å²) in [6, 6.07) is 13.7. The van der Waals surface area contributed by atoms with Gasteiger partial charge in [0.05, 0.1) is 12.1 Å². The van der Waals surface area contributed by atoms with Crippen LogP contribution >= 0.6 is 11.6 Å². The average molecular weight is 418 g/mol. The van der Waals surface area contributed by atoms with E-state index in [1.807, 2.05) is 29.2 Å². The van der Waals surface area contributed by atoms with Crippen molar-refractivity contribution < 1.29 is 13.9 Å². The summed E-state index contributed by atoms with van der Waals surface area (Å²) in [6.45, 7) is 3.43. The standard InChI is InChI=1S/C22H25ClFN3O2/c23-17-3-1-4-19(15-17)26-10-12-27(13-11-26)22(28)25-21(20-5-2-14-29-20)16-6-8-18(24)9-7-16/h1,3-4,6-9,15,20-21H,2,5,10-14H2,(H,25,28)/t20-,21-/m0/s1. The Bertz CT molecular complexity index is 834. The van der Waals surface area contributed by atoms with E-state index in [2.05, 4.69) is 10.2 Å². The fourth-order valence-electron chi connectivity index (χ4n) is 3.99. The molecule has 5 nitrogen and oxygen atoms in total. The predicted molar refractivity (Wildman–Crippen MR) is 112 cm³/mol. The number of hydrogen-bond donors (Lipinski definition) is 1. The molecule has 2 aliphatic heterocycles. The van der Waals surface area contributed by atoms with Crippen LogP contribution in [-0.2, 0) is 4.74 Å². The number of carbonyl (C=O) groups excluding carboxylic acids is 1. The van der Waals surface area contributed by atoms with E-state index < -0.39 is 0 Å². The zero-order valence-corrected chi connectivity index (χ0v) is 16.9. The molecule has 2 amide bonds. The number of amides is 2. The molecular weight excluding hydrogens is 393 g/mol. The van der Waals surface area contributed by atoms with Crippen molar-refractivity contribution in [1.29, 1.82) is 0 Å². The Balaban J connectivity index is 1.40. The van der Waals surface area contributed by atoms with Crippen molar-refractivity contribution in [2.45, 2.75) is 25.0 Å². The van der Waals surface area contributed by atoms with Crippen LogP contribution in [0.4, 0.5) is 14.9 Å². The maximum Gasteiger partial charge on any atom is 0.318 e. The van der Waals surface area contributed by atoms with Crippen molar-refractivity contribution in [2.75, 3.05) is 37.7 Å². The van der Waals surface area contributed by atoms with E-state index in [1.54, 1.807) is 12.1 Å². The van der Waals surface area contributed by atoms with Gasteiger partial charge in [-0.15, -0.1) is 0 Å². The third-order valence-corrected chi connectivity index (χ3v) is 5.82. The molecule has 29 heavy (non-hydrogen) atoms. The SMILES string of the molecule is O=C(N[C@@H](c1ccc(F)cc1)[C@@H]1CCCO1)N1CCN(c2cccc(Cl)c2)CC1. The van der Waals surface area contributed by atoms with Crippen LogP contribution in [0.25, 0.3) is 0 Å². The van der Waals surface area contributed by atoms with Crippen molar-refractivity contribution in [2.24, 2.45) is 0 Å². The third kappa shape index (κ3) is 4.82. The van der Waals surface area contributed by atoms with Crippen LogP contribution in [0.15, 0.2) is 48.5 Å². The number of ether oxygens (including phenoxy) is 1. The molecule has 2 heterocycles. The lowest BCUT2D eigenvalue weighted by atomic mass is 9.99. The molecule has 2 saturated heterocycles. The Morgan fingerprint density at radius 1 is 1.14 bits per heavy atom. The van der Waals surface area contributed by atoms with Gasteiger partial charge < -0.3 is 19.9 Å². The molecule has 2 aromatic rings. The Morgan fingerprint density at radius 3 is 2.55 bits per heavy atom. The summed E-state index contributed by atoms with van der Waals surface area (Å²) in [4.78, 5) is 17.0. The first kappa shape index (κ1) is 20.0. The van der Waals surface area contributed by atoms with Gasteiger partial charge in [-0.05, 0) is 48.7 Å². The number of halogens is 2. The summed E-state index contributed by atoms with van der Waals surface area (Å²) in [5.74, 6) is -0.289. The molecule has 2 aliphatic rings. The van der Waals surface area contributed by atoms with Crippen LogP contribution in [0.5, 0.6) is 0 Å². The lowest BCUT2D eigenvalue weighted by Gasteiger charge is -2.37. The van der Waals surface area contributed by atoms with Crippen molar-refractivity contribution in [3.05, 3.63) is 64.9 Å². The third-order valence-electron chi connectivity index (χ3n) is 5.59. The van der Waals surface area contributed by atoms with Crippen molar-refractivity contribution in [3.8, 4) is 0 Å². The Labute approximate surface area is 175 Å². The highest BCUT2D eigenvalue weighted by Crippen LogP contribution is 2.28. The lowest BCUT2D eigenvalue weighted by molar-refractivity contribution is 0.0777. The molecule has 4 rings (SSSR count). The first-order valence-corrected chi connectivity index (χ1v) is 10.4. The number of carbonyl (C=O) groups is 1. The van der Waals surface area contributed by atoms with E-state index in [0.29, 0.717) is 24.7 Å². The van der Waals surface area contributed by atoms with E-state index in [4.69, 9.17) is 16.3 Å². The minimum Gasteiger partial charge on any atom is -0.376 e. The monoisotopic (exact) mass is 417 g/mol. The Kier molecular flexibility index (Phi) is 6.21. The summed E-state index contributed by atoms with van der Waals surface area (Å²) in [7, 11) is 0. The molecule has 0 spiro atoms. The predicted octanol–water partition coefficient (Wildman–Crippen LogP) is 4.23. The Morgan fingerprint density at radius 2 is 1.90 bits per heavy atom. The highest BCUT2D eigenvalue weighted by atomic mass is 35.5. The molecular formula is C22H25ClFN3O2. The zero-order chi connectivity index (χ0) is 20.2. The van der Waals surface area contributed by atoms with E-state index in [9.17, 15) is 9.18 Å². The second-order valence-electron chi connectivity index (χ2n) is 7.48. The topological polar surface area (TPSA) is 44.8 Å². The van der Waals surface area contributed by atoms with Crippen molar-refractivity contribution in [1.82, 2.24) is 10.2 Å². The lowest BCUT2D eigenvalue weighted by Crippen LogP contribution is -2.53. The molecule has 0 radical (unpaired) electrons. The number of nitrogens with zero attached hydrogens (tertiary/aromatic N) is 2. The van der Waals surface area contributed by atoms with Crippen LogP contribution in [0.2, 0.25) is 5.02 Å². The zero-order valence-electron chi connectivity index (χ0n) is 16.2. The molecule has 2 fully saturated rings. The van der Waals surface area contributed by atoms with Gasteiger partial charge in [0.15, 0.2) is 0 Å². The maximum atomic E-state index is 13.3. The number of anilines is 1. The van der Waals surface area contributed by atoms with Crippen LogP contribution in [0.3, 0.4) is 0 Å². The minimum atomic E-state index is -0.289. The second kappa shape index (κ2) is 9.01. The van der Waals surface area contributed by atoms with Gasteiger partial charge in [0.1, 0.15) is 5.82 Å². The number of rotatable bonds is 4. The number of benzene rings is 2.